The minimum Gasteiger partial charge on any atom is -0.460 e. The van der Waals surface area contributed by atoms with E-state index in [4.69, 9.17) is 46.7 Å². The molecular weight excluding hydrogens is 1170 g/mol. The third-order valence-electron chi connectivity index (χ3n) is 13.2. The number of nitrogens with zero attached hydrogens (tertiary/aromatic N) is 4. The number of benzene rings is 4. The molecule has 7 rings (SSSR count). The number of aromatic nitrogens is 4. The van der Waals surface area contributed by atoms with Gasteiger partial charge >= 0.3 is 43.1 Å². The number of hydrogen-bond acceptors (Lipinski definition) is 19. The first-order valence-corrected chi connectivity index (χ1v) is 33.8. The van der Waals surface area contributed by atoms with Crippen LogP contribution in [0.3, 0.4) is 0 Å². The Morgan fingerprint density at radius 1 is 0.631 bits per heavy atom. The predicted octanol–water partition coefficient (Wildman–Crippen LogP) is 12.8. The van der Waals surface area contributed by atoms with Gasteiger partial charge in [-0.25, -0.2) is 33.2 Å². The lowest BCUT2D eigenvalue weighted by atomic mass is 10.0. The van der Waals surface area contributed by atoms with Crippen molar-refractivity contribution >= 4 is 60.1 Å². The van der Waals surface area contributed by atoms with Crippen molar-refractivity contribution in [2.45, 2.75) is 144 Å². The van der Waals surface area contributed by atoms with E-state index in [1.165, 1.54) is 112 Å². The van der Waals surface area contributed by atoms with Gasteiger partial charge in [0.1, 0.15) is 54.7 Å². The van der Waals surface area contributed by atoms with Crippen molar-refractivity contribution in [2.24, 2.45) is 11.8 Å². The van der Waals surface area contributed by atoms with Gasteiger partial charge in [0.05, 0.1) is 19.0 Å². The third kappa shape index (κ3) is 22.6. The standard InChI is InChI=1S/C42H47N7O17P4.2C7H16/c1-29(41(50)58-24-31-15-7-3-8-16-31)47-67(52,62-33-19-11-5-12-20-33)65-69(54,55)60-26-35-23-36(40(61-35)49-28-46-37-38(43)44-27-45-39(37)49)64-70(56,57)66-68(53,63-34-21-13-6-14-22-34)48-30(2)42(51)59-25-32-17-9-4-10-18-32;2*1-4-7(5-2)6-3/h3-22,27-30,35-36,40H,23-26H2,1-2H3,(H,47,52)(H,48,53)(H,54,55)(H,56,57)(H2,43,44,45);2*7H,4-6H2,1-3H3/t29-,30-,35-,36-,40+,67?,68?;;/m0../s1. The number of nitrogen functional groups attached to an aromatic ring is 1. The van der Waals surface area contributed by atoms with Crippen molar-refractivity contribution in [3.8, 4) is 11.5 Å². The lowest BCUT2D eigenvalue weighted by Crippen LogP contribution is -2.35. The summed E-state index contributed by atoms with van der Waals surface area (Å²) in [7, 11) is -21.1. The Labute approximate surface area is 491 Å². The van der Waals surface area contributed by atoms with Crippen molar-refractivity contribution in [3.63, 3.8) is 0 Å². The Bertz CT molecular complexity index is 3110. The number of anilines is 1. The lowest BCUT2D eigenvalue weighted by molar-refractivity contribution is -0.147. The lowest BCUT2D eigenvalue weighted by Gasteiger charge is -2.26. The van der Waals surface area contributed by atoms with Crippen LogP contribution >= 0.6 is 31.1 Å². The number of carbonyl (C=O) groups excluding carboxylic acids is 2. The third-order valence-corrected chi connectivity index (χ3v) is 19.9. The normalized spacial score (nSPS) is 18.5. The second-order valence-corrected chi connectivity index (χ2v) is 25.9. The molecule has 460 valence electrons. The maximum Gasteiger partial charge on any atom is 0.481 e. The summed E-state index contributed by atoms with van der Waals surface area (Å²) in [6.45, 7) is 15.0. The Morgan fingerprint density at radius 3 is 1.46 bits per heavy atom. The summed E-state index contributed by atoms with van der Waals surface area (Å²) in [6.07, 6.45) is 5.65. The summed E-state index contributed by atoms with van der Waals surface area (Å²) < 4.78 is 107. The molecule has 0 spiro atoms. The molecule has 9 atom stereocenters. The number of phosphoric ester groups is 2. The number of ether oxygens (including phenoxy) is 3. The Hall–Kier alpha value is -5.67. The molecule has 84 heavy (non-hydrogen) atoms. The molecule has 4 aromatic carbocycles. The van der Waals surface area contributed by atoms with Gasteiger partial charge < -0.3 is 38.8 Å². The molecule has 0 saturated carbocycles. The van der Waals surface area contributed by atoms with Crippen LogP contribution in [-0.4, -0.2) is 72.1 Å². The van der Waals surface area contributed by atoms with E-state index >= 15 is 0 Å². The molecule has 6 aromatic rings. The summed E-state index contributed by atoms with van der Waals surface area (Å²) in [5.74, 6) is -0.0630. The number of nitrogens with two attached hydrogens (primary N) is 1. The van der Waals surface area contributed by atoms with Crippen LogP contribution in [0, 0.1) is 11.8 Å². The second kappa shape index (κ2) is 33.9. The summed E-state index contributed by atoms with van der Waals surface area (Å²) in [5.41, 5.74) is 7.47. The molecule has 1 fully saturated rings. The molecular formula is C56H79N7O17P4. The average molecular weight is 1250 g/mol. The zero-order chi connectivity index (χ0) is 61.3. The summed E-state index contributed by atoms with van der Waals surface area (Å²) in [6, 6.07) is 29.4. The largest absolute Gasteiger partial charge is 0.481 e. The average Bonchev–Trinajstić information content (AvgIpc) is 2.43. The van der Waals surface area contributed by atoms with Gasteiger partial charge in [-0.2, -0.15) is 18.8 Å². The topological polar surface area (TPSA) is 320 Å². The summed E-state index contributed by atoms with van der Waals surface area (Å²) in [5, 5.41) is 4.64. The van der Waals surface area contributed by atoms with Crippen LogP contribution < -0.4 is 25.0 Å². The molecule has 0 aliphatic carbocycles. The first-order valence-electron chi connectivity index (χ1n) is 27.7. The number of carbonyl (C=O) groups is 2. The van der Waals surface area contributed by atoms with E-state index in [2.05, 4.69) is 66.7 Å². The Balaban J connectivity index is 0.000000819. The van der Waals surface area contributed by atoms with Gasteiger partial charge in [-0.1, -0.05) is 177 Å². The molecule has 2 aromatic heterocycles. The van der Waals surface area contributed by atoms with Crippen LogP contribution in [0.2, 0.25) is 0 Å². The number of phosphoric acid groups is 2. The molecule has 1 aliphatic rings. The van der Waals surface area contributed by atoms with E-state index in [9.17, 15) is 37.6 Å². The smallest absolute Gasteiger partial charge is 0.460 e. The van der Waals surface area contributed by atoms with Crippen LogP contribution in [0.25, 0.3) is 11.2 Å². The van der Waals surface area contributed by atoms with E-state index < -0.39 is 86.6 Å². The van der Waals surface area contributed by atoms with Crippen LogP contribution in [0.5, 0.6) is 11.5 Å². The van der Waals surface area contributed by atoms with E-state index in [0.717, 1.165) is 18.2 Å². The minimum absolute atomic E-state index is 0.0374. The molecule has 6 N–H and O–H groups in total. The number of rotatable bonds is 30. The highest BCUT2D eigenvalue weighted by Gasteiger charge is 2.48. The second-order valence-electron chi connectivity index (χ2n) is 19.4. The van der Waals surface area contributed by atoms with Crippen molar-refractivity contribution in [3.05, 3.63) is 145 Å². The first kappa shape index (κ1) is 69.1. The SMILES string of the molecule is CCC(CC)CC.CCC(CC)CC.C[C@H](NP(=O)(Oc1ccccc1)OP(=O)(O)OC[C@@H]1C[C@H](OP(=O)(O)OP(=O)(N[C@@H](C)C(=O)OCc2ccccc2)Oc2ccccc2)[C@H](n2cnc3c(N)ncnc32)O1)C(=O)OCc1ccccc1. The van der Waals surface area contributed by atoms with Crippen molar-refractivity contribution < 1.29 is 78.6 Å². The monoisotopic (exact) mass is 1250 g/mol. The fourth-order valence-electron chi connectivity index (χ4n) is 8.27. The molecule has 3 heterocycles. The minimum atomic E-state index is -5.59. The van der Waals surface area contributed by atoms with Crippen LogP contribution in [0.15, 0.2) is 134 Å². The van der Waals surface area contributed by atoms with Gasteiger partial charge in [0.15, 0.2) is 17.7 Å². The van der Waals surface area contributed by atoms with Crippen LogP contribution in [0.4, 0.5) is 5.82 Å². The highest BCUT2D eigenvalue weighted by Crippen LogP contribution is 2.63. The zero-order valence-corrected chi connectivity index (χ0v) is 52.1. The maximum absolute atomic E-state index is 14.4. The van der Waals surface area contributed by atoms with Gasteiger partial charge in [-0.15, -0.1) is 0 Å². The highest BCUT2D eigenvalue weighted by molar-refractivity contribution is 7.64. The fourth-order valence-corrected chi connectivity index (χ4v) is 14.4. The van der Waals surface area contributed by atoms with Gasteiger partial charge in [-0.05, 0) is 61.1 Å². The molecule has 1 saturated heterocycles. The van der Waals surface area contributed by atoms with E-state index in [1.54, 1.807) is 72.8 Å². The highest BCUT2D eigenvalue weighted by atomic mass is 31.3. The summed E-state index contributed by atoms with van der Waals surface area (Å²) in [4.78, 5) is 60.6. The van der Waals surface area contributed by atoms with Gasteiger partial charge in [-0.3, -0.25) is 23.2 Å². The van der Waals surface area contributed by atoms with Gasteiger partial charge in [0.25, 0.3) is 0 Å². The fraction of sp³-hybridized carbons (Fsp3) is 0.446. The molecule has 0 bridgehead atoms. The molecule has 28 heteroatoms. The molecule has 4 unspecified atom stereocenters. The molecule has 0 radical (unpaired) electrons. The Kier molecular flexibility index (Phi) is 27.9. The number of para-hydroxylation sites is 2. The van der Waals surface area contributed by atoms with Crippen molar-refractivity contribution in [1.82, 2.24) is 29.7 Å². The quantitative estimate of drug-likeness (QED) is 0.0207. The van der Waals surface area contributed by atoms with Crippen LogP contribution in [-0.2, 0) is 72.9 Å². The number of imidazole rings is 1. The molecule has 24 nitrogen and oxygen atoms in total. The molecule has 0 amide bonds. The van der Waals surface area contributed by atoms with Crippen LogP contribution in [0.1, 0.15) is 118 Å². The van der Waals surface area contributed by atoms with E-state index in [-0.39, 0.29) is 41.7 Å². The maximum atomic E-state index is 14.4. The number of hydrogen-bond donors (Lipinski definition) is 5. The number of esters is 2. The van der Waals surface area contributed by atoms with Gasteiger partial charge in [0, 0.05) is 6.42 Å². The Morgan fingerprint density at radius 2 is 1.05 bits per heavy atom. The van der Waals surface area contributed by atoms with E-state index in [1.807, 2.05) is 0 Å². The van der Waals surface area contributed by atoms with Crippen molar-refractivity contribution in [1.29, 1.82) is 0 Å². The predicted molar refractivity (Wildman–Crippen MR) is 317 cm³/mol. The number of nitrogens with one attached hydrogen (secondary N) is 2. The first-order chi connectivity index (χ1) is 40.1. The molecule has 1 aliphatic heterocycles. The van der Waals surface area contributed by atoms with E-state index in [0.29, 0.717) is 11.1 Å². The summed E-state index contributed by atoms with van der Waals surface area (Å²) >= 11 is 0. The van der Waals surface area contributed by atoms with Crippen molar-refractivity contribution in [2.75, 3.05) is 12.3 Å². The number of fused-ring (bicyclic) bond motifs is 1. The zero-order valence-electron chi connectivity index (χ0n) is 48.5. The van der Waals surface area contributed by atoms with Gasteiger partial charge in [0.2, 0.25) is 0 Å².